The summed E-state index contributed by atoms with van der Waals surface area (Å²) >= 11 is 4.85. The second-order valence-corrected chi connectivity index (χ2v) is 7.99. The van der Waals surface area contributed by atoms with E-state index in [1.54, 1.807) is 12.4 Å². The van der Waals surface area contributed by atoms with E-state index >= 15 is 0 Å². The van der Waals surface area contributed by atoms with Gasteiger partial charge >= 0.3 is 0 Å². The first-order valence-corrected chi connectivity index (χ1v) is 9.93. The summed E-state index contributed by atoms with van der Waals surface area (Å²) in [7, 11) is 3.89. The molecule has 1 aromatic carbocycles. The van der Waals surface area contributed by atoms with Gasteiger partial charge < -0.3 is 10.2 Å². The van der Waals surface area contributed by atoms with Crippen molar-refractivity contribution in [3.8, 4) is 0 Å². The van der Waals surface area contributed by atoms with Crippen molar-refractivity contribution in [3.05, 3.63) is 76.5 Å². The molecule has 0 aliphatic carbocycles. The minimum absolute atomic E-state index is 0.119. The molecule has 2 aromatic heterocycles. The van der Waals surface area contributed by atoms with E-state index in [0.29, 0.717) is 12.1 Å². The number of carbonyl (C=O) groups is 1. The van der Waals surface area contributed by atoms with Crippen LogP contribution in [0.4, 0.5) is 5.82 Å². The van der Waals surface area contributed by atoms with Gasteiger partial charge in [-0.15, -0.1) is 0 Å². The van der Waals surface area contributed by atoms with Gasteiger partial charge in [0.2, 0.25) is 0 Å². The Labute approximate surface area is 171 Å². The molecule has 0 saturated carbocycles. The van der Waals surface area contributed by atoms with Crippen LogP contribution >= 0.6 is 27.7 Å². The van der Waals surface area contributed by atoms with Crippen LogP contribution in [0.15, 0.2) is 75.3 Å². The van der Waals surface area contributed by atoms with E-state index < -0.39 is 0 Å². The Balaban J connectivity index is 1.68. The Morgan fingerprint density at radius 3 is 2.56 bits per heavy atom. The molecule has 7 heteroatoms. The molecule has 2 heterocycles. The van der Waals surface area contributed by atoms with E-state index in [0.717, 1.165) is 25.8 Å². The van der Waals surface area contributed by atoms with Crippen molar-refractivity contribution in [1.29, 1.82) is 0 Å². The number of rotatable bonds is 6. The van der Waals surface area contributed by atoms with E-state index in [2.05, 4.69) is 31.2 Å². The molecule has 0 aliphatic rings. The van der Waals surface area contributed by atoms with Crippen molar-refractivity contribution in [2.75, 3.05) is 19.0 Å². The van der Waals surface area contributed by atoms with Crippen molar-refractivity contribution in [1.82, 2.24) is 15.3 Å². The third kappa shape index (κ3) is 5.30. The largest absolute Gasteiger partial charge is 0.363 e. The van der Waals surface area contributed by atoms with Gasteiger partial charge in [0.05, 0.1) is 5.56 Å². The first-order chi connectivity index (χ1) is 13.0. The Bertz CT molecular complexity index is 914. The van der Waals surface area contributed by atoms with Crippen LogP contribution in [0.5, 0.6) is 0 Å². The quantitative estimate of drug-likeness (QED) is 0.613. The van der Waals surface area contributed by atoms with Gasteiger partial charge in [0.15, 0.2) is 0 Å². The number of amides is 1. The van der Waals surface area contributed by atoms with Crippen LogP contribution in [0, 0.1) is 0 Å². The summed E-state index contributed by atoms with van der Waals surface area (Å²) in [6.07, 6.45) is 3.53. The zero-order valence-corrected chi connectivity index (χ0v) is 17.4. The molecule has 0 unspecified atom stereocenters. The molecule has 0 bridgehead atoms. The number of pyridine rings is 2. The molecular formula is C20H19BrN4OS. The highest BCUT2D eigenvalue weighted by Gasteiger charge is 2.12. The molecule has 3 aromatic rings. The molecule has 0 atom stereocenters. The van der Waals surface area contributed by atoms with Crippen LogP contribution in [0.1, 0.15) is 15.9 Å². The van der Waals surface area contributed by atoms with Crippen LogP contribution in [0.25, 0.3) is 0 Å². The lowest BCUT2D eigenvalue weighted by Gasteiger charge is -2.12. The smallest absolute Gasteiger partial charge is 0.252 e. The second kappa shape index (κ2) is 9.01. The molecule has 1 amide bonds. The Kier molecular flexibility index (Phi) is 6.47. The number of hydrogen-bond donors (Lipinski definition) is 1. The highest BCUT2D eigenvalue weighted by molar-refractivity contribution is 9.10. The number of nitrogens with zero attached hydrogens (tertiary/aromatic N) is 3. The standard InChI is InChI=1S/C20H19BrN4OS/c1-25(2)18-9-7-14(11-22-18)12-24-20(26)16-5-3-4-6-17(16)27-19-10-8-15(21)13-23-19/h3-11,13H,12H2,1-2H3,(H,24,26). The summed E-state index contributed by atoms with van der Waals surface area (Å²) in [6.45, 7) is 0.426. The predicted molar refractivity (Wildman–Crippen MR) is 112 cm³/mol. The monoisotopic (exact) mass is 442 g/mol. The molecule has 138 valence electrons. The third-order valence-electron chi connectivity index (χ3n) is 3.77. The molecule has 0 radical (unpaired) electrons. The lowest BCUT2D eigenvalue weighted by molar-refractivity contribution is 0.0948. The molecule has 27 heavy (non-hydrogen) atoms. The summed E-state index contributed by atoms with van der Waals surface area (Å²) in [5.74, 6) is 0.765. The maximum atomic E-state index is 12.7. The predicted octanol–water partition coefficient (Wildman–Crippen LogP) is 4.39. The van der Waals surface area contributed by atoms with E-state index in [9.17, 15) is 4.79 Å². The van der Waals surface area contributed by atoms with E-state index in [-0.39, 0.29) is 5.91 Å². The minimum Gasteiger partial charge on any atom is -0.363 e. The van der Waals surface area contributed by atoms with Gasteiger partial charge in [-0.25, -0.2) is 9.97 Å². The van der Waals surface area contributed by atoms with Gasteiger partial charge in [-0.05, 0) is 51.8 Å². The Morgan fingerprint density at radius 1 is 1.07 bits per heavy atom. The summed E-state index contributed by atoms with van der Waals surface area (Å²) in [4.78, 5) is 24.2. The molecular weight excluding hydrogens is 424 g/mol. The Morgan fingerprint density at radius 2 is 1.89 bits per heavy atom. The third-order valence-corrected chi connectivity index (χ3v) is 5.26. The topological polar surface area (TPSA) is 58.1 Å². The number of carbonyl (C=O) groups excluding carboxylic acids is 1. The van der Waals surface area contributed by atoms with Gasteiger partial charge in [-0.1, -0.05) is 30.0 Å². The zero-order chi connectivity index (χ0) is 19.2. The van der Waals surface area contributed by atoms with Crippen molar-refractivity contribution in [3.63, 3.8) is 0 Å². The first kappa shape index (κ1) is 19.4. The fourth-order valence-electron chi connectivity index (χ4n) is 2.34. The van der Waals surface area contributed by atoms with Crippen LogP contribution in [0.3, 0.4) is 0 Å². The SMILES string of the molecule is CN(C)c1ccc(CNC(=O)c2ccccc2Sc2ccc(Br)cn2)cn1. The number of aromatic nitrogens is 2. The summed E-state index contributed by atoms with van der Waals surface area (Å²) < 4.78 is 0.923. The van der Waals surface area contributed by atoms with Gasteiger partial charge in [0, 0.05) is 42.4 Å². The van der Waals surface area contributed by atoms with Crippen LogP contribution in [0.2, 0.25) is 0 Å². The van der Waals surface area contributed by atoms with E-state index in [1.807, 2.05) is 67.5 Å². The maximum Gasteiger partial charge on any atom is 0.252 e. The van der Waals surface area contributed by atoms with Crippen LogP contribution < -0.4 is 10.2 Å². The average Bonchev–Trinajstić information content (AvgIpc) is 2.68. The number of hydrogen-bond acceptors (Lipinski definition) is 5. The number of nitrogens with one attached hydrogen (secondary N) is 1. The van der Waals surface area contributed by atoms with Gasteiger partial charge in [0.1, 0.15) is 10.8 Å². The summed E-state index contributed by atoms with van der Waals surface area (Å²) in [5, 5.41) is 3.80. The average molecular weight is 443 g/mol. The molecule has 1 N–H and O–H groups in total. The minimum atomic E-state index is -0.119. The first-order valence-electron chi connectivity index (χ1n) is 8.32. The van der Waals surface area contributed by atoms with Gasteiger partial charge in [-0.2, -0.15) is 0 Å². The van der Waals surface area contributed by atoms with Crippen molar-refractivity contribution in [2.45, 2.75) is 16.5 Å². The number of halogens is 1. The molecule has 3 rings (SSSR count). The fourth-order valence-corrected chi connectivity index (χ4v) is 3.46. The van der Waals surface area contributed by atoms with E-state index in [1.165, 1.54) is 11.8 Å². The zero-order valence-electron chi connectivity index (χ0n) is 15.0. The highest BCUT2D eigenvalue weighted by Crippen LogP contribution is 2.29. The highest BCUT2D eigenvalue weighted by atomic mass is 79.9. The fraction of sp³-hybridized carbons (Fsp3) is 0.150. The Hall–Kier alpha value is -2.38. The molecule has 0 aliphatic heterocycles. The lowest BCUT2D eigenvalue weighted by Crippen LogP contribution is -2.23. The second-order valence-electron chi connectivity index (χ2n) is 6.01. The lowest BCUT2D eigenvalue weighted by atomic mass is 10.2. The maximum absolute atomic E-state index is 12.7. The number of anilines is 1. The van der Waals surface area contributed by atoms with Gasteiger partial charge in [-0.3, -0.25) is 4.79 Å². The van der Waals surface area contributed by atoms with Crippen LogP contribution in [-0.4, -0.2) is 30.0 Å². The molecule has 0 saturated heterocycles. The summed E-state index contributed by atoms with van der Waals surface area (Å²) in [5.41, 5.74) is 1.58. The normalized spacial score (nSPS) is 10.5. The van der Waals surface area contributed by atoms with E-state index in [4.69, 9.17) is 0 Å². The molecule has 0 fully saturated rings. The van der Waals surface area contributed by atoms with Crippen molar-refractivity contribution >= 4 is 39.4 Å². The van der Waals surface area contributed by atoms with Crippen LogP contribution in [-0.2, 0) is 6.54 Å². The molecule has 0 spiro atoms. The van der Waals surface area contributed by atoms with Crippen molar-refractivity contribution < 1.29 is 4.79 Å². The summed E-state index contributed by atoms with van der Waals surface area (Å²) in [6, 6.07) is 15.3. The van der Waals surface area contributed by atoms with Gasteiger partial charge in [0.25, 0.3) is 5.91 Å². The van der Waals surface area contributed by atoms with Crippen molar-refractivity contribution in [2.24, 2.45) is 0 Å². The molecule has 5 nitrogen and oxygen atoms in total. The number of benzene rings is 1.